The molecule has 2 rings (SSSR count). The van der Waals surface area contributed by atoms with Gasteiger partial charge in [-0.3, -0.25) is 4.79 Å². The topological polar surface area (TPSA) is 66.8 Å². The Labute approximate surface area is 101 Å². The number of piperidine rings is 1. The Morgan fingerprint density at radius 2 is 1.82 bits per heavy atom. The monoisotopic (exact) mass is 241 g/mol. The van der Waals surface area contributed by atoms with Gasteiger partial charge in [-0.15, -0.1) is 0 Å². The van der Waals surface area contributed by atoms with Crippen molar-refractivity contribution in [3.05, 3.63) is 0 Å². The van der Waals surface area contributed by atoms with Crippen LogP contribution in [0.25, 0.3) is 0 Å². The van der Waals surface area contributed by atoms with Gasteiger partial charge in [0.25, 0.3) is 0 Å². The minimum Gasteiger partial charge on any atom is -0.480 e. The maximum absolute atomic E-state index is 12.3. The predicted molar refractivity (Wildman–Crippen MR) is 60.5 cm³/mol. The molecule has 0 aromatic rings. The lowest BCUT2D eigenvalue weighted by Crippen LogP contribution is -2.50. The summed E-state index contributed by atoms with van der Waals surface area (Å²) >= 11 is 0. The van der Waals surface area contributed by atoms with Crippen molar-refractivity contribution in [3.8, 4) is 0 Å². The highest BCUT2D eigenvalue weighted by Gasteiger charge is 2.35. The number of nitrogens with zero attached hydrogens (tertiary/aromatic N) is 1. The van der Waals surface area contributed by atoms with E-state index in [4.69, 9.17) is 9.84 Å². The second-order valence-corrected chi connectivity index (χ2v) is 4.77. The first-order chi connectivity index (χ1) is 8.20. The van der Waals surface area contributed by atoms with Crippen molar-refractivity contribution in [2.75, 3.05) is 19.8 Å². The molecule has 1 atom stereocenters. The van der Waals surface area contributed by atoms with Gasteiger partial charge in [0.1, 0.15) is 6.04 Å². The van der Waals surface area contributed by atoms with E-state index in [0.717, 1.165) is 25.7 Å². The third kappa shape index (κ3) is 2.77. The molecule has 0 aromatic carbocycles. The molecular weight excluding hydrogens is 222 g/mol. The molecule has 0 aliphatic carbocycles. The predicted octanol–water partition coefficient (Wildman–Crippen LogP) is 0.879. The quantitative estimate of drug-likeness (QED) is 0.779. The van der Waals surface area contributed by atoms with Crippen molar-refractivity contribution in [2.45, 2.75) is 38.1 Å². The fourth-order valence-electron chi connectivity index (χ4n) is 2.63. The Hall–Kier alpha value is -1.10. The van der Waals surface area contributed by atoms with Gasteiger partial charge in [0.05, 0.1) is 0 Å². The highest BCUT2D eigenvalue weighted by atomic mass is 16.5. The van der Waals surface area contributed by atoms with Gasteiger partial charge < -0.3 is 14.7 Å². The number of carbonyl (C=O) groups excluding carboxylic acids is 1. The Kier molecular flexibility index (Phi) is 3.99. The molecule has 2 saturated heterocycles. The average Bonchev–Trinajstić information content (AvgIpc) is 2.39. The Balaban J connectivity index is 2.02. The Bertz CT molecular complexity index is 299. The van der Waals surface area contributed by atoms with Crippen LogP contribution >= 0.6 is 0 Å². The molecule has 0 bridgehead atoms. The third-order valence-electron chi connectivity index (χ3n) is 3.64. The second kappa shape index (κ2) is 5.49. The van der Waals surface area contributed by atoms with Crippen molar-refractivity contribution in [2.24, 2.45) is 5.92 Å². The number of carboxylic acid groups (broad SMARTS) is 1. The zero-order valence-electron chi connectivity index (χ0n) is 9.93. The standard InChI is InChI=1S/C12H19NO4/c14-11(9-4-7-17-8-5-9)13-6-2-1-3-10(13)12(15)16/h9-10H,1-8H2,(H,15,16)/t10-/m1/s1. The number of likely N-dealkylation sites (tertiary alicyclic amines) is 1. The summed E-state index contributed by atoms with van der Waals surface area (Å²) in [5.74, 6) is -0.894. The molecule has 0 radical (unpaired) electrons. The first-order valence-corrected chi connectivity index (χ1v) is 6.31. The minimum atomic E-state index is -0.870. The summed E-state index contributed by atoms with van der Waals surface area (Å²) in [5, 5.41) is 9.14. The summed E-state index contributed by atoms with van der Waals surface area (Å²) in [6.45, 7) is 1.82. The van der Waals surface area contributed by atoms with Crippen LogP contribution in [0.4, 0.5) is 0 Å². The van der Waals surface area contributed by atoms with Crippen LogP contribution in [0.3, 0.4) is 0 Å². The Morgan fingerprint density at radius 3 is 2.47 bits per heavy atom. The van der Waals surface area contributed by atoms with Crippen molar-refractivity contribution in [1.82, 2.24) is 4.90 Å². The van der Waals surface area contributed by atoms with Crippen molar-refractivity contribution >= 4 is 11.9 Å². The fraction of sp³-hybridized carbons (Fsp3) is 0.833. The first kappa shape index (κ1) is 12.4. The fourth-order valence-corrected chi connectivity index (χ4v) is 2.63. The van der Waals surface area contributed by atoms with Crippen molar-refractivity contribution in [3.63, 3.8) is 0 Å². The van der Waals surface area contributed by atoms with Gasteiger partial charge in [0, 0.05) is 25.7 Å². The van der Waals surface area contributed by atoms with Crippen LogP contribution in [0.15, 0.2) is 0 Å². The second-order valence-electron chi connectivity index (χ2n) is 4.77. The summed E-state index contributed by atoms with van der Waals surface area (Å²) in [6, 6.07) is -0.612. The molecular formula is C12H19NO4. The SMILES string of the molecule is O=C(O)[C@H]1CCCCN1C(=O)C1CCOCC1. The molecule has 17 heavy (non-hydrogen) atoms. The van der Waals surface area contributed by atoms with E-state index in [1.165, 1.54) is 0 Å². The lowest BCUT2D eigenvalue weighted by molar-refractivity contribution is -0.155. The molecule has 2 aliphatic heterocycles. The van der Waals surface area contributed by atoms with Gasteiger partial charge in [-0.2, -0.15) is 0 Å². The van der Waals surface area contributed by atoms with E-state index in [1.807, 2.05) is 0 Å². The summed E-state index contributed by atoms with van der Waals surface area (Å²) in [4.78, 5) is 25.0. The van der Waals surface area contributed by atoms with E-state index in [1.54, 1.807) is 4.90 Å². The third-order valence-corrected chi connectivity index (χ3v) is 3.64. The van der Waals surface area contributed by atoms with Crippen LogP contribution in [-0.2, 0) is 14.3 Å². The zero-order chi connectivity index (χ0) is 12.3. The smallest absolute Gasteiger partial charge is 0.326 e. The summed E-state index contributed by atoms with van der Waals surface area (Å²) in [7, 11) is 0. The minimum absolute atomic E-state index is 0.0143. The summed E-state index contributed by atoms with van der Waals surface area (Å²) in [5.41, 5.74) is 0. The highest BCUT2D eigenvalue weighted by Crippen LogP contribution is 2.24. The maximum Gasteiger partial charge on any atom is 0.326 e. The molecule has 5 nitrogen and oxygen atoms in total. The molecule has 0 aromatic heterocycles. The number of rotatable bonds is 2. The lowest BCUT2D eigenvalue weighted by atomic mass is 9.94. The maximum atomic E-state index is 12.3. The van der Waals surface area contributed by atoms with Gasteiger partial charge in [-0.1, -0.05) is 0 Å². The van der Waals surface area contributed by atoms with Gasteiger partial charge in [0.15, 0.2) is 0 Å². The number of ether oxygens (including phenoxy) is 1. The molecule has 5 heteroatoms. The number of aliphatic carboxylic acids is 1. The van der Waals surface area contributed by atoms with Crippen LogP contribution in [0, 0.1) is 5.92 Å². The average molecular weight is 241 g/mol. The number of hydrogen-bond donors (Lipinski definition) is 1. The van der Waals surface area contributed by atoms with Crippen molar-refractivity contribution in [1.29, 1.82) is 0 Å². The molecule has 0 spiro atoms. The normalized spacial score (nSPS) is 26.8. The Morgan fingerprint density at radius 1 is 1.12 bits per heavy atom. The van der Waals surface area contributed by atoms with Crippen LogP contribution in [0.1, 0.15) is 32.1 Å². The number of hydrogen-bond acceptors (Lipinski definition) is 3. The molecule has 2 heterocycles. The van der Waals surface area contributed by atoms with Gasteiger partial charge >= 0.3 is 5.97 Å². The molecule has 0 unspecified atom stereocenters. The molecule has 0 saturated carbocycles. The number of carboxylic acids is 1. The van der Waals surface area contributed by atoms with E-state index >= 15 is 0 Å². The van der Waals surface area contributed by atoms with E-state index in [2.05, 4.69) is 0 Å². The van der Waals surface area contributed by atoms with Crippen LogP contribution < -0.4 is 0 Å². The molecule has 2 fully saturated rings. The molecule has 96 valence electrons. The molecule has 1 amide bonds. The molecule has 1 N–H and O–H groups in total. The number of amides is 1. The van der Waals surface area contributed by atoms with Crippen molar-refractivity contribution < 1.29 is 19.4 Å². The first-order valence-electron chi connectivity index (χ1n) is 6.31. The summed E-state index contributed by atoms with van der Waals surface area (Å²) in [6.07, 6.45) is 3.85. The largest absolute Gasteiger partial charge is 0.480 e. The lowest BCUT2D eigenvalue weighted by Gasteiger charge is -2.36. The van der Waals surface area contributed by atoms with E-state index in [9.17, 15) is 9.59 Å². The summed E-state index contributed by atoms with van der Waals surface area (Å²) < 4.78 is 5.22. The van der Waals surface area contributed by atoms with E-state index in [-0.39, 0.29) is 11.8 Å². The van der Waals surface area contributed by atoms with E-state index < -0.39 is 12.0 Å². The van der Waals surface area contributed by atoms with Gasteiger partial charge in [-0.05, 0) is 32.1 Å². The van der Waals surface area contributed by atoms with Crippen LogP contribution in [0.2, 0.25) is 0 Å². The van der Waals surface area contributed by atoms with Gasteiger partial charge in [0.2, 0.25) is 5.91 Å². The molecule has 2 aliphatic rings. The van der Waals surface area contributed by atoms with Crippen LogP contribution in [0.5, 0.6) is 0 Å². The zero-order valence-corrected chi connectivity index (χ0v) is 9.93. The van der Waals surface area contributed by atoms with E-state index in [0.29, 0.717) is 26.2 Å². The number of carbonyl (C=O) groups is 2. The highest BCUT2D eigenvalue weighted by molar-refractivity contribution is 5.85. The van der Waals surface area contributed by atoms with Crippen LogP contribution in [-0.4, -0.2) is 47.7 Å². The van der Waals surface area contributed by atoms with Gasteiger partial charge in [-0.25, -0.2) is 4.79 Å².